The van der Waals surface area contributed by atoms with E-state index in [-0.39, 0.29) is 23.7 Å². The maximum absolute atomic E-state index is 11.8. The van der Waals surface area contributed by atoms with Gasteiger partial charge in [-0.05, 0) is 24.6 Å². The first kappa shape index (κ1) is 13.0. The predicted octanol–water partition coefficient (Wildman–Crippen LogP) is 2.76. The number of ether oxygens (including phenoxy) is 1. The summed E-state index contributed by atoms with van der Waals surface area (Å²) in [5.41, 5.74) is 2.00. The first-order valence-corrected chi connectivity index (χ1v) is 5.81. The van der Waals surface area contributed by atoms with E-state index in [1.54, 1.807) is 0 Å². The maximum atomic E-state index is 11.8. The van der Waals surface area contributed by atoms with Crippen molar-refractivity contribution in [2.45, 2.75) is 13.5 Å². The topological polar surface area (TPSA) is 66.8 Å². The van der Waals surface area contributed by atoms with Crippen molar-refractivity contribution in [3.63, 3.8) is 0 Å². The van der Waals surface area contributed by atoms with E-state index in [9.17, 15) is 9.90 Å². The lowest BCUT2D eigenvalue weighted by Gasteiger charge is -2.07. The van der Waals surface area contributed by atoms with Gasteiger partial charge in [-0.1, -0.05) is 29.8 Å². The molecule has 19 heavy (non-hydrogen) atoms. The third kappa shape index (κ3) is 3.25. The second-order valence-electron chi connectivity index (χ2n) is 4.27. The molecule has 2 aromatic rings. The van der Waals surface area contributed by atoms with Crippen LogP contribution in [0, 0.1) is 6.92 Å². The second-order valence-corrected chi connectivity index (χ2v) is 4.27. The Balaban J connectivity index is 2.05. The van der Waals surface area contributed by atoms with Gasteiger partial charge in [-0.3, -0.25) is 0 Å². The van der Waals surface area contributed by atoms with E-state index in [1.807, 2.05) is 31.2 Å². The van der Waals surface area contributed by atoms with Crippen molar-refractivity contribution >= 4 is 5.97 Å². The highest BCUT2D eigenvalue weighted by Crippen LogP contribution is 2.23. The quantitative estimate of drug-likeness (QED) is 0.831. The summed E-state index contributed by atoms with van der Waals surface area (Å²) in [6.45, 7) is 2.10. The van der Waals surface area contributed by atoms with Crippen molar-refractivity contribution in [3.05, 3.63) is 59.2 Å². The molecule has 4 nitrogen and oxygen atoms in total. The van der Waals surface area contributed by atoms with Gasteiger partial charge in [0.15, 0.2) is 0 Å². The van der Waals surface area contributed by atoms with Crippen LogP contribution in [0.1, 0.15) is 21.5 Å². The standard InChI is InChI=1S/C15H14O4/c1-10-3-2-4-11(7-10)9-19-15(18)13-6-5-12(16)8-14(13)17/h2-8,16-17H,9H2,1H3. The average molecular weight is 258 g/mol. The van der Waals surface area contributed by atoms with Crippen molar-refractivity contribution in [2.75, 3.05) is 0 Å². The fourth-order valence-corrected chi connectivity index (χ4v) is 1.72. The summed E-state index contributed by atoms with van der Waals surface area (Å²) >= 11 is 0. The van der Waals surface area contributed by atoms with Gasteiger partial charge in [-0.15, -0.1) is 0 Å². The van der Waals surface area contributed by atoms with E-state index in [4.69, 9.17) is 9.84 Å². The molecule has 0 saturated heterocycles. The van der Waals surface area contributed by atoms with Gasteiger partial charge >= 0.3 is 5.97 Å². The molecule has 0 radical (unpaired) electrons. The molecule has 0 aliphatic carbocycles. The molecule has 0 heterocycles. The maximum Gasteiger partial charge on any atom is 0.342 e. The normalized spacial score (nSPS) is 10.2. The van der Waals surface area contributed by atoms with E-state index in [0.29, 0.717) is 0 Å². The fraction of sp³-hybridized carbons (Fsp3) is 0.133. The molecule has 0 bridgehead atoms. The molecule has 4 heteroatoms. The molecular weight excluding hydrogens is 244 g/mol. The lowest BCUT2D eigenvalue weighted by Crippen LogP contribution is -2.05. The molecule has 98 valence electrons. The summed E-state index contributed by atoms with van der Waals surface area (Å²) in [6, 6.07) is 11.4. The molecule has 2 rings (SSSR count). The lowest BCUT2D eigenvalue weighted by atomic mass is 10.1. The van der Waals surface area contributed by atoms with Crippen LogP contribution < -0.4 is 0 Å². The Morgan fingerprint density at radius 2 is 1.95 bits per heavy atom. The Labute approximate surface area is 110 Å². The van der Waals surface area contributed by atoms with Crippen molar-refractivity contribution < 1.29 is 19.7 Å². The number of hydrogen-bond donors (Lipinski definition) is 2. The average Bonchev–Trinajstić information content (AvgIpc) is 2.36. The zero-order chi connectivity index (χ0) is 13.8. The largest absolute Gasteiger partial charge is 0.508 e. The van der Waals surface area contributed by atoms with Crippen LogP contribution in [0.5, 0.6) is 11.5 Å². The zero-order valence-electron chi connectivity index (χ0n) is 10.5. The molecule has 0 spiro atoms. The van der Waals surface area contributed by atoms with Gasteiger partial charge in [0.05, 0.1) is 0 Å². The van der Waals surface area contributed by atoms with Crippen LogP contribution in [-0.2, 0) is 11.3 Å². The molecule has 0 fully saturated rings. The number of aromatic hydroxyl groups is 2. The second kappa shape index (κ2) is 5.44. The third-order valence-electron chi connectivity index (χ3n) is 2.65. The van der Waals surface area contributed by atoms with E-state index in [0.717, 1.165) is 17.2 Å². The molecule has 2 aromatic carbocycles. The van der Waals surface area contributed by atoms with Crippen molar-refractivity contribution in [1.29, 1.82) is 0 Å². The van der Waals surface area contributed by atoms with Gasteiger partial charge in [0.2, 0.25) is 0 Å². The minimum Gasteiger partial charge on any atom is -0.508 e. The Bertz CT molecular complexity index is 605. The molecular formula is C15H14O4. The van der Waals surface area contributed by atoms with Crippen molar-refractivity contribution in [2.24, 2.45) is 0 Å². The highest BCUT2D eigenvalue weighted by atomic mass is 16.5. The summed E-state index contributed by atoms with van der Waals surface area (Å²) < 4.78 is 5.11. The van der Waals surface area contributed by atoms with Crippen LogP contribution in [0.3, 0.4) is 0 Å². The van der Waals surface area contributed by atoms with Crippen LogP contribution >= 0.6 is 0 Å². The number of rotatable bonds is 3. The van der Waals surface area contributed by atoms with Crippen LogP contribution in [-0.4, -0.2) is 16.2 Å². The van der Waals surface area contributed by atoms with Crippen LogP contribution in [0.15, 0.2) is 42.5 Å². The molecule has 0 aliphatic heterocycles. The minimum atomic E-state index is -0.626. The van der Waals surface area contributed by atoms with Crippen LogP contribution in [0.2, 0.25) is 0 Å². The molecule has 0 unspecified atom stereocenters. The number of phenolic OH excluding ortho intramolecular Hbond substituents is 2. The molecule has 0 amide bonds. The van der Waals surface area contributed by atoms with Crippen LogP contribution in [0.4, 0.5) is 0 Å². The van der Waals surface area contributed by atoms with Gasteiger partial charge < -0.3 is 14.9 Å². The summed E-state index contributed by atoms with van der Waals surface area (Å²) in [7, 11) is 0. The third-order valence-corrected chi connectivity index (χ3v) is 2.65. The number of carbonyl (C=O) groups is 1. The van der Waals surface area contributed by atoms with Gasteiger partial charge in [0.1, 0.15) is 23.7 Å². The highest BCUT2D eigenvalue weighted by molar-refractivity contribution is 5.92. The summed E-state index contributed by atoms with van der Waals surface area (Å²) in [4.78, 5) is 11.8. The Morgan fingerprint density at radius 1 is 1.16 bits per heavy atom. The number of benzene rings is 2. The molecule has 0 aliphatic rings. The van der Waals surface area contributed by atoms with E-state index < -0.39 is 5.97 Å². The van der Waals surface area contributed by atoms with Gasteiger partial charge in [0, 0.05) is 6.07 Å². The minimum absolute atomic E-state index is 0.0328. The Kier molecular flexibility index (Phi) is 3.71. The Morgan fingerprint density at radius 3 is 2.63 bits per heavy atom. The van der Waals surface area contributed by atoms with Crippen molar-refractivity contribution in [3.8, 4) is 11.5 Å². The lowest BCUT2D eigenvalue weighted by molar-refractivity contribution is 0.0469. The van der Waals surface area contributed by atoms with Gasteiger partial charge in [-0.25, -0.2) is 4.79 Å². The van der Waals surface area contributed by atoms with Gasteiger partial charge in [0.25, 0.3) is 0 Å². The number of esters is 1. The molecule has 0 aromatic heterocycles. The zero-order valence-corrected chi connectivity index (χ0v) is 10.5. The fourth-order valence-electron chi connectivity index (χ4n) is 1.72. The predicted molar refractivity (Wildman–Crippen MR) is 70.1 cm³/mol. The number of carbonyl (C=O) groups excluding carboxylic acids is 1. The first-order chi connectivity index (χ1) is 9.06. The monoisotopic (exact) mass is 258 g/mol. The summed E-state index contributed by atoms with van der Waals surface area (Å²) in [5, 5.41) is 18.7. The number of phenols is 2. The van der Waals surface area contributed by atoms with Gasteiger partial charge in [-0.2, -0.15) is 0 Å². The summed E-state index contributed by atoms with van der Waals surface area (Å²) in [5.74, 6) is -1.03. The number of hydrogen-bond acceptors (Lipinski definition) is 4. The first-order valence-electron chi connectivity index (χ1n) is 5.81. The Hall–Kier alpha value is -2.49. The SMILES string of the molecule is Cc1cccc(COC(=O)c2ccc(O)cc2O)c1. The molecule has 0 saturated carbocycles. The molecule has 0 atom stereocenters. The summed E-state index contributed by atoms with van der Waals surface area (Å²) in [6.07, 6.45) is 0. The number of aryl methyl sites for hydroxylation is 1. The van der Waals surface area contributed by atoms with Crippen LogP contribution in [0.25, 0.3) is 0 Å². The van der Waals surface area contributed by atoms with Crippen molar-refractivity contribution in [1.82, 2.24) is 0 Å². The smallest absolute Gasteiger partial charge is 0.342 e. The highest BCUT2D eigenvalue weighted by Gasteiger charge is 2.13. The van der Waals surface area contributed by atoms with E-state index in [2.05, 4.69) is 0 Å². The molecule has 2 N–H and O–H groups in total. The van der Waals surface area contributed by atoms with E-state index >= 15 is 0 Å². The van der Waals surface area contributed by atoms with E-state index in [1.165, 1.54) is 12.1 Å².